The number of hydrogen-bond donors (Lipinski definition) is 2. The number of pyridine rings is 1. The molecule has 4 heteroatoms. The zero-order chi connectivity index (χ0) is 14.5. The first-order valence-corrected chi connectivity index (χ1v) is 7.61. The fourth-order valence-electron chi connectivity index (χ4n) is 2.99. The van der Waals surface area contributed by atoms with Gasteiger partial charge >= 0.3 is 0 Å². The lowest BCUT2D eigenvalue weighted by Gasteiger charge is -2.33. The molecule has 1 aliphatic rings. The summed E-state index contributed by atoms with van der Waals surface area (Å²) < 4.78 is 0. The van der Waals surface area contributed by atoms with Crippen LogP contribution in [0.4, 0.5) is 5.69 Å². The molecule has 1 heterocycles. The molecule has 0 saturated heterocycles. The van der Waals surface area contributed by atoms with E-state index in [2.05, 4.69) is 29.5 Å². The normalized spacial score (nSPS) is 26.1. The first-order valence-electron chi connectivity index (χ1n) is 7.61. The average molecular weight is 275 g/mol. The van der Waals surface area contributed by atoms with Crippen LogP contribution in [0.25, 0.3) is 0 Å². The fourth-order valence-corrected chi connectivity index (χ4v) is 2.99. The number of anilines is 1. The van der Waals surface area contributed by atoms with E-state index in [0.717, 1.165) is 24.6 Å². The number of rotatable bonds is 4. The molecule has 1 fully saturated rings. The van der Waals surface area contributed by atoms with E-state index in [1.165, 1.54) is 12.8 Å². The summed E-state index contributed by atoms with van der Waals surface area (Å²) in [6, 6.07) is 3.98. The number of nitrogens with zero attached hydrogens (tertiary/aromatic N) is 1. The molecule has 2 rings (SSSR count). The van der Waals surface area contributed by atoms with Crippen LogP contribution in [0.3, 0.4) is 0 Å². The Kier molecular flexibility index (Phi) is 4.99. The van der Waals surface area contributed by atoms with Crippen molar-refractivity contribution in [2.24, 2.45) is 11.8 Å². The van der Waals surface area contributed by atoms with Crippen molar-refractivity contribution in [3.05, 3.63) is 24.0 Å². The van der Waals surface area contributed by atoms with E-state index in [1.54, 1.807) is 6.20 Å². The predicted molar refractivity (Wildman–Crippen MR) is 81.8 cm³/mol. The van der Waals surface area contributed by atoms with Crippen LogP contribution in [-0.4, -0.2) is 23.5 Å². The molecule has 1 aromatic rings. The van der Waals surface area contributed by atoms with Crippen LogP contribution in [0.1, 0.15) is 50.5 Å². The Labute approximate surface area is 121 Å². The molecule has 0 bridgehead atoms. The van der Waals surface area contributed by atoms with Gasteiger partial charge in [-0.15, -0.1) is 0 Å². The highest BCUT2D eigenvalue weighted by Gasteiger charge is 2.27. The average Bonchev–Trinajstić information content (AvgIpc) is 2.42. The molecular weight excluding hydrogens is 250 g/mol. The third kappa shape index (κ3) is 3.71. The maximum atomic E-state index is 12.3. The second kappa shape index (κ2) is 6.73. The maximum absolute atomic E-state index is 12.3. The molecule has 110 valence electrons. The van der Waals surface area contributed by atoms with E-state index in [0.29, 0.717) is 11.6 Å². The van der Waals surface area contributed by atoms with Gasteiger partial charge in [-0.3, -0.25) is 9.78 Å². The molecule has 1 aliphatic carbocycles. The Balaban J connectivity index is 1.99. The van der Waals surface area contributed by atoms with Crippen molar-refractivity contribution in [1.82, 2.24) is 10.3 Å². The summed E-state index contributed by atoms with van der Waals surface area (Å²) in [7, 11) is 0. The topological polar surface area (TPSA) is 54.0 Å². The highest BCUT2D eigenvalue weighted by Crippen LogP contribution is 2.28. The van der Waals surface area contributed by atoms with Crippen LogP contribution in [0.2, 0.25) is 0 Å². The van der Waals surface area contributed by atoms with Gasteiger partial charge in [-0.2, -0.15) is 0 Å². The SMILES string of the molecule is CCNc1ccnc(C(=O)NC2CCC(C)CC2C)c1. The number of carbonyl (C=O) groups excluding carboxylic acids is 1. The molecule has 1 saturated carbocycles. The Hall–Kier alpha value is -1.58. The minimum atomic E-state index is -0.0591. The van der Waals surface area contributed by atoms with Gasteiger partial charge in [0.1, 0.15) is 5.69 Å². The zero-order valence-electron chi connectivity index (χ0n) is 12.6. The van der Waals surface area contributed by atoms with Crippen molar-refractivity contribution in [3.63, 3.8) is 0 Å². The van der Waals surface area contributed by atoms with Crippen LogP contribution in [-0.2, 0) is 0 Å². The molecule has 1 amide bonds. The second-order valence-corrected chi connectivity index (χ2v) is 5.94. The summed E-state index contributed by atoms with van der Waals surface area (Å²) >= 11 is 0. The van der Waals surface area contributed by atoms with Gasteiger partial charge in [-0.25, -0.2) is 0 Å². The van der Waals surface area contributed by atoms with Crippen molar-refractivity contribution in [3.8, 4) is 0 Å². The van der Waals surface area contributed by atoms with Crippen molar-refractivity contribution >= 4 is 11.6 Å². The summed E-state index contributed by atoms with van der Waals surface area (Å²) in [4.78, 5) is 16.5. The standard InChI is InChI=1S/C16H25N3O/c1-4-17-13-7-8-18-15(10-13)16(20)19-14-6-5-11(2)9-12(14)3/h7-8,10-12,14H,4-6,9H2,1-3H3,(H,17,18)(H,19,20). The summed E-state index contributed by atoms with van der Waals surface area (Å²) in [5.74, 6) is 1.25. The molecule has 2 N–H and O–H groups in total. The second-order valence-electron chi connectivity index (χ2n) is 5.94. The first kappa shape index (κ1) is 14.8. The third-order valence-corrected chi connectivity index (χ3v) is 4.12. The molecule has 20 heavy (non-hydrogen) atoms. The molecule has 0 aromatic carbocycles. The lowest BCUT2D eigenvalue weighted by atomic mass is 9.80. The number of hydrogen-bond acceptors (Lipinski definition) is 3. The van der Waals surface area contributed by atoms with Crippen molar-refractivity contribution in [2.75, 3.05) is 11.9 Å². The molecule has 1 aromatic heterocycles. The van der Waals surface area contributed by atoms with Gasteiger partial charge in [-0.1, -0.05) is 13.8 Å². The summed E-state index contributed by atoms with van der Waals surface area (Å²) in [6.07, 6.45) is 5.14. The van der Waals surface area contributed by atoms with Crippen LogP contribution in [0, 0.1) is 11.8 Å². The number of carbonyl (C=O) groups is 1. The Morgan fingerprint density at radius 2 is 2.20 bits per heavy atom. The smallest absolute Gasteiger partial charge is 0.270 e. The minimum absolute atomic E-state index is 0.0591. The first-order chi connectivity index (χ1) is 9.60. The zero-order valence-corrected chi connectivity index (χ0v) is 12.6. The van der Waals surface area contributed by atoms with Crippen LogP contribution < -0.4 is 10.6 Å². The molecule has 4 nitrogen and oxygen atoms in total. The van der Waals surface area contributed by atoms with Gasteiger partial charge in [0.15, 0.2) is 0 Å². The molecular formula is C16H25N3O. The van der Waals surface area contributed by atoms with Gasteiger partial charge in [0, 0.05) is 24.5 Å². The molecule has 3 unspecified atom stereocenters. The van der Waals surface area contributed by atoms with Crippen LogP contribution >= 0.6 is 0 Å². The van der Waals surface area contributed by atoms with Gasteiger partial charge in [0.05, 0.1) is 0 Å². The van der Waals surface area contributed by atoms with Crippen molar-refractivity contribution < 1.29 is 4.79 Å². The summed E-state index contributed by atoms with van der Waals surface area (Å²) in [5.41, 5.74) is 1.44. The van der Waals surface area contributed by atoms with E-state index in [4.69, 9.17) is 0 Å². The molecule has 0 radical (unpaired) electrons. The highest BCUT2D eigenvalue weighted by molar-refractivity contribution is 5.93. The summed E-state index contributed by atoms with van der Waals surface area (Å²) in [6.45, 7) is 7.38. The number of nitrogens with one attached hydrogen (secondary N) is 2. The van der Waals surface area contributed by atoms with E-state index in [-0.39, 0.29) is 11.9 Å². The minimum Gasteiger partial charge on any atom is -0.385 e. The van der Waals surface area contributed by atoms with Gasteiger partial charge in [0.2, 0.25) is 0 Å². The largest absolute Gasteiger partial charge is 0.385 e. The predicted octanol–water partition coefficient (Wildman–Crippen LogP) is 3.07. The van der Waals surface area contributed by atoms with Crippen LogP contribution in [0.5, 0.6) is 0 Å². The molecule has 0 spiro atoms. The van der Waals surface area contributed by atoms with Gasteiger partial charge in [0.25, 0.3) is 5.91 Å². The Morgan fingerprint density at radius 3 is 2.90 bits per heavy atom. The number of amides is 1. The summed E-state index contributed by atoms with van der Waals surface area (Å²) in [5, 5.41) is 6.35. The quantitative estimate of drug-likeness (QED) is 0.888. The lowest BCUT2D eigenvalue weighted by Crippen LogP contribution is -2.42. The van der Waals surface area contributed by atoms with E-state index >= 15 is 0 Å². The van der Waals surface area contributed by atoms with E-state index in [1.807, 2.05) is 19.1 Å². The Bertz CT molecular complexity index is 461. The van der Waals surface area contributed by atoms with E-state index < -0.39 is 0 Å². The van der Waals surface area contributed by atoms with E-state index in [9.17, 15) is 4.79 Å². The van der Waals surface area contributed by atoms with Crippen molar-refractivity contribution in [2.45, 2.75) is 46.1 Å². The van der Waals surface area contributed by atoms with Crippen LogP contribution in [0.15, 0.2) is 18.3 Å². The lowest BCUT2D eigenvalue weighted by molar-refractivity contribution is 0.0894. The maximum Gasteiger partial charge on any atom is 0.270 e. The third-order valence-electron chi connectivity index (χ3n) is 4.12. The Morgan fingerprint density at radius 1 is 1.40 bits per heavy atom. The molecule has 0 aliphatic heterocycles. The monoisotopic (exact) mass is 275 g/mol. The fraction of sp³-hybridized carbons (Fsp3) is 0.625. The molecule has 3 atom stereocenters. The van der Waals surface area contributed by atoms with Crippen molar-refractivity contribution in [1.29, 1.82) is 0 Å². The number of aromatic nitrogens is 1. The van der Waals surface area contributed by atoms with Gasteiger partial charge < -0.3 is 10.6 Å². The van der Waals surface area contributed by atoms with Gasteiger partial charge in [-0.05, 0) is 50.2 Å². The highest BCUT2D eigenvalue weighted by atomic mass is 16.1.